The number of carbonyl (C=O) groups is 3. The van der Waals surface area contributed by atoms with Crippen LogP contribution in [0.15, 0.2) is 48.8 Å². The smallest absolute Gasteiger partial charge is 0.325 e. The van der Waals surface area contributed by atoms with Crippen molar-refractivity contribution in [2.24, 2.45) is 0 Å². The lowest BCUT2D eigenvalue weighted by Gasteiger charge is -2.22. The molecule has 3 aromatic rings. The highest BCUT2D eigenvalue weighted by Gasteiger charge is 2.49. The first-order valence-electron chi connectivity index (χ1n) is 10.1. The van der Waals surface area contributed by atoms with Crippen molar-refractivity contribution < 1.29 is 23.9 Å². The Morgan fingerprint density at radius 3 is 2.85 bits per heavy atom. The lowest BCUT2D eigenvalue weighted by molar-refractivity contribution is -0.134. The van der Waals surface area contributed by atoms with Crippen LogP contribution in [0.2, 0.25) is 0 Å². The van der Waals surface area contributed by atoms with Gasteiger partial charge in [-0.2, -0.15) is 0 Å². The van der Waals surface area contributed by atoms with Gasteiger partial charge in [0.1, 0.15) is 18.4 Å². The van der Waals surface area contributed by atoms with E-state index >= 15 is 0 Å². The third-order valence-electron chi connectivity index (χ3n) is 5.54. The molecule has 5 rings (SSSR count). The molecular formula is C21H19N7O5. The summed E-state index contributed by atoms with van der Waals surface area (Å²) in [4.78, 5) is 39.1. The fourth-order valence-corrected chi connectivity index (χ4v) is 3.73. The highest BCUT2D eigenvalue weighted by Crippen LogP contribution is 2.32. The summed E-state index contributed by atoms with van der Waals surface area (Å²) >= 11 is 0. The minimum Gasteiger partial charge on any atom is -0.454 e. The molecule has 12 heteroatoms. The van der Waals surface area contributed by atoms with Crippen LogP contribution in [0, 0.1) is 0 Å². The lowest BCUT2D eigenvalue weighted by Crippen LogP contribution is -2.43. The van der Waals surface area contributed by atoms with E-state index in [2.05, 4.69) is 26.2 Å². The number of nitrogens with zero attached hydrogens (tertiary/aromatic N) is 5. The van der Waals surface area contributed by atoms with Gasteiger partial charge in [-0.05, 0) is 52.7 Å². The molecule has 1 aromatic heterocycles. The Hall–Kier alpha value is -4.48. The van der Waals surface area contributed by atoms with Gasteiger partial charge in [0.05, 0.1) is 5.69 Å². The molecule has 33 heavy (non-hydrogen) atoms. The molecular weight excluding hydrogens is 430 g/mol. The minimum atomic E-state index is -1.33. The van der Waals surface area contributed by atoms with Crippen molar-refractivity contribution >= 4 is 17.8 Å². The fourth-order valence-electron chi connectivity index (χ4n) is 3.73. The maximum Gasteiger partial charge on any atom is 0.325 e. The van der Waals surface area contributed by atoms with Crippen molar-refractivity contribution in [2.75, 3.05) is 13.3 Å². The molecule has 12 nitrogen and oxygen atoms in total. The highest BCUT2D eigenvalue weighted by molar-refractivity contribution is 6.09. The topological polar surface area (TPSA) is 141 Å². The molecule has 0 radical (unpaired) electrons. The van der Waals surface area contributed by atoms with E-state index in [4.69, 9.17) is 9.47 Å². The Bertz CT molecular complexity index is 1250. The number of nitrogens with one attached hydrogen (secondary N) is 2. The second-order valence-corrected chi connectivity index (χ2v) is 7.72. The van der Waals surface area contributed by atoms with Crippen LogP contribution >= 0.6 is 0 Å². The summed E-state index contributed by atoms with van der Waals surface area (Å²) in [5, 5.41) is 16.4. The molecule has 3 heterocycles. The number of aromatic nitrogens is 4. The minimum absolute atomic E-state index is 0.161. The Morgan fingerprint density at radius 2 is 2.03 bits per heavy atom. The summed E-state index contributed by atoms with van der Waals surface area (Å²) < 4.78 is 12.0. The van der Waals surface area contributed by atoms with E-state index in [1.807, 2.05) is 0 Å². The first kappa shape index (κ1) is 20.4. The zero-order valence-electron chi connectivity index (χ0n) is 17.5. The van der Waals surface area contributed by atoms with E-state index in [9.17, 15) is 14.4 Å². The van der Waals surface area contributed by atoms with Crippen molar-refractivity contribution in [1.29, 1.82) is 0 Å². The second-order valence-electron chi connectivity index (χ2n) is 7.72. The third-order valence-corrected chi connectivity index (χ3v) is 5.54. The number of ether oxygens (including phenoxy) is 2. The molecule has 2 N–H and O–H groups in total. The summed E-state index contributed by atoms with van der Waals surface area (Å²) in [6.45, 7) is 1.56. The Balaban J connectivity index is 1.26. The molecule has 0 aliphatic carbocycles. The van der Waals surface area contributed by atoms with Gasteiger partial charge in [-0.3, -0.25) is 14.5 Å². The van der Waals surface area contributed by atoms with Crippen LogP contribution in [0.4, 0.5) is 4.79 Å². The zero-order valence-corrected chi connectivity index (χ0v) is 17.5. The number of imide groups is 1. The SMILES string of the molecule is CC1(c2cccc(-n3cnnn3)c2)NC(=O)N(CC(=O)NCc2ccc3c(c2)OCO3)C1=O. The number of hydrogen-bond acceptors (Lipinski definition) is 8. The first-order chi connectivity index (χ1) is 15.9. The number of urea groups is 1. The molecule has 4 amide bonds. The van der Waals surface area contributed by atoms with Crippen molar-refractivity contribution in [3.63, 3.8) is 0 Å². The molecule has 0 saturated carbocycles. The second kappa shape index (κ2) is 7.89. The van der Waals surface area contributed by atoms with E-state index < -0.39 is 29.9 Å². The lowest BCUT2D eigenvalue weighted by atomic mass is 9.91. The predicted molar refractivity (Wildman–Crippen MR) is 111 cm³/mol. The van der Waals surface area contributed by atoms with Gasteiger partial charge in [0.2, 0.25) is 12.7 Å². The highest BCUT2D eigenvalue weighted by atomic mass is 16.7. The molecule has 168 valence electrons. The maximum absolute atomic E-state index is 13.2. The molecule has 2 aliphatic rings. The molecule has 1 unspecified atom stereocenters. The van der Waals surface area contributed by atoms with Gasteiger partial charge in [0.25, 0.3) is 5.91 Å². The number of tetrazole rings is 1. The number of hydrogen-bond donors (Lipinski definition) is 2. The zero-order chi connectivity index (χ0) is 23.0. The number of fused-ring (bicyclic) bond motifs is 1. The van der Waals surface area contributed by atoms with Crippen molar-refractivity contribution in [3.8, 4) is 17.2 Å². The number of rotatable bonds is 6. The van der Waals surface area contributed by atoms with Crippen LogP contribution in [0.5, 0.6) is 11.5 Å². The van der Waals surface area contributed by atoms with Gasteiger partial charge in [0.15, 0.2) is 11.5 Å². The number of benzene rings is 2. The van der Waals surface area contributed by atoms with E-state index in [1.54, 1.807) is 49.4 Å². The van der Waals surface area contributed by atoms with Crippen molar-refractivity contribution in [1.82, 2.24) is 35.7 Å². The van der Waals surface area contributed by atoms with Gasteiger partial charge >= 0.3 is 6.03 Å². The molecule has 0 bridgehead atoms. The molecule has 1 atom stereocenters. The standard InChI is InChI=1S/C21H19N7O5/c1-21(14-3-2-4-15(8-14)28-11-23-25-26-28)19(30)27(20(31)24-21)10-18(29)22-9-13-5-6-16-17(7-13)33-12-32-16/h2-8,11H,9-10,12H2,1H3,(H,22,29)(H,24,31). The van der Waals surface area contributed by atoms with Crippen LogP contribution < -0.4 is 20.1 Å². The average molecular weight is 449 g/mol. The summed E-state index contributed by atoms with van der Waals surface area (Å²) in [6, 6.07) is 11.6. The average Bonchev–Trinajstić information content (AvgIpc) is 3.56. The van der Waals surface area contributed by atoms with E-state index in [0.29, 0.717) is 22.7 Å². The number of carbonyl (C=O) groups excluding carboxylic acids is 3. The van der Waals surface area contributed by atoms with Crippen LogP contribution in [0.25, 0.3) is 5.69 Å². The van der Waals surface area contributed by atoms with Crippen molar-refractivity contribution in [3.05, 3.63) is 59.9 Å². The van der Waals surface area contributed by atoms with Gasteiger partial charge in [-0.25, -0.2) is 9.48 Å². The summed E-state index contributed by atoms with van der Waals surface area (Å²) in [5.74, 6) is 0.255. The molecule has 1 saturated heterocycles. The third kappa shape index (κ3) is 3.71. The Kier molecular flexibility index (Phi) is 4.89. The summed E-state index contributed by atoms with van der Waals surface area (Å²) in [7, 11) is 0. The Labute approximate surface area is 187 Å². The molecule has 1 fully saturated rings. The summed E-state index contributed by atoms with van der Waals surface area (Å²) in [6.07, 6.45) is 1.42. The Morgan fingerprint density at radius 1 is 1.18 bits per heavy atom. The van der Waals surface area contributed by atoms with Crippen LogP contribution in [0.3, 0.4) is 0 Å². The molecule has 2 aliphatic heterocycles. The number of amides is 4. The molecule has 0 spiro atoms. The van der Waals surface area contributed by atoms with Crippen molar-refractivity contribution in [2.45, 2.75) is 19.0 Å². The largest absolute Gasteiger partial charge is 0.454 e. The summed E-state index contributed by atoms with van der Waals surface area (Å²) in [5.41, 5.74) is 0.630. The van der Waals surface area contributed by atoms with Gasteiger partial charge in [-0.15, -0.1) is 5.10 Å². The van der Waals surface area contributed by atoms with Crippen LogP contribution in [-0.4, -0.2) is 56.3 Å². The fraction of sp³-hybridized carbons (Fsp3) is 0.238. The van der Waals surface area contributed by atoms with Gasteiger partial charge < -0.3 is 20.1 Å². The first-order valence-corrected chi connectivity index (χ1v) is 10.1. The van der Waals surface area contributed by atoms with Crippen LogP contribution in [-0.2, 0) is 21.7 Å². The van der Waals surface area contributed by atoms with Gasteiger partial charge in [-0.1, -0.05) is 18.2 Å². The monoisotopic (exact) mass is 449 g/mol. The van der Waals surface area contributed by atoms with Crippen LogP contribution in [0.1, 0.15) is 18.1 Å². The van der Waals surface area contributed by atoms with E-state index in [1.165, 1.54) is 11.0 Å². The molecule has 2 aromatic carbocycles. The van der Waals surface area contributed by atoms with E-state index in [-0.39, 0.29) is 13.3 Å². The normalized spacial score (nSPS) is 19.0. The quantitative estimate of drug-likeness (QED) is 0.518. The van der Waals surface area contributed by atoms with E-state index in [0.717, 1.165) is 10.5 Å². The maximum atomic E-state index is 13.2. The predicted octanol–water partition coefficient (Wildman–Crippen LogP) is 0.474. The van der Waals surface area contributed by atoms with Gasteiger partial charge in [0, 0.05) is 6.54 Å².